The largest absolute Gasteiger partial charge is 0.384 e. The molecule has 8 heteroatoms. The highest BCUT2D eigenvalue weighted by molar-refractivity contribution is 6.39. The quantitative estimate of drug-likeness (QED) is 0.279. The molecule has 2 fully saturated rings. The maximum Gasteiger partial charge on any atom is 0.145 e. The van der Waals surface area contributed by atoms with E-state index >= 15 is 0 Å². The summed E-state index contributed by atoms with van der Waals surface area (Å²) in [7, 11) is 0. The molecule has 2 aliphatic rings. The van der Waals surface area contributed by atoms with Crippen molar-refractivity contribution in [3.63, 3.8) is 0 Å². The number of rotatable bonds is 6. The molecule has 0 atom stereocenters. The van der Waals surface area contributed by atoms with Crippen LogP contribution in [0.5, 0.6) is 0 Å². The molecule has 4 aromatic rings. The van der Waals surface area contributed by atoms with Crippen LogP contribution in [0, 0.1) is 11.3 Å². The molecule has 6 nitrogen and oxygen atoms in total. The lowest BCUT2D eigenvalue weighted by molar-refractivity contribution is -0.0660. The summed E-state index contributed by atoms with van der Waals surface area (Å²) in [5.41, 5.74) is 3.12. The van der Waals surface area contributed by atoms with Gasteiger partial charge in [0, 0.05) is 22.4 Å². The highest BCUT2D eigenvalue weighted by Crippen LogP contribution is 2.46. The second kappa shape index (κ2) is 9.74. The fourth-order valence-corrected chi connectivity index (χ4v) is 5.83. The fraction of sp³-hybridized carbons (Fsp3) is 0.345. The van der Waals surface area contributed by atoms with E-state index in [0.29, 0.717) is 76.3 Å². The van der Waals surface area contributed by atoms with E-state index in [1.54, 1.807) is 18.2 Å². The van der Waals surface area contributed by atoms with Gasteiger partial charge >= 0.3 is 0 Å². The smallest absolute Gasteiger partial charge is 0.145 e. The van der Waals surface area contributed by atoms with E-state index in [4.69, 9.17) is 37.4 Å². The summed E-state index contributed by atoms with van der Waals surface area (Å²) in [6.45, 7) is 0.348. The Balaban J connectivity index is 1.18. The van der Waals surface area contributed by atoms with Gasteiger partial charge in [-0.25, -0.2) is 4.98 Å². The molecule has 1 N–H and O–H groups in total. The number of hydrogen-bond acceptors (Lipinski definition) is 6. The molecule has 37 heavy (non-hydrogen) atoms. The van der Waals surface area contributed by atoms with Gasteiger partial charge in [0.2, 0.25) is 0 Å². The molecule has 0 bridgehead atoms. The summed E-state index contributed by atoms with van der Waals surface area (Å²) in [5, 5.41) is 27.0. The average molecular weight is 534 g/mol. The minimum absolute atomic E-state index is 0.0116. The molecule has 0 unspecified atom stereocenters. The second-order valence-electron chi connectivity index (χ2n) is 9.97. The van der Waals surface area contributed by atoms with Gasteiger partial charge in [-0.3, -0.25) is 0 Å². The fourth-order valence-electron chi connectivity index (χ4n) is 5.25. The Morgan fingerprint density at radius 2 is 1.76 bits per heavy atom. The first-order valence-corrected chi connectivity index (χ1v) is 13.3. The molecule has 2 aliphatic carbocycles. The van der Waals surface area contributed by atoms with Crippen LogP contribution >= 0.6 is 23.2 Å². The number of aliphatic hydroxyl groups is 1. The SMILES string of the molecule is N#Cc1cccc2nc([C@]3(O)CC[C@@H](OCc4c(-c5c(Cl)cccc5Cl)noc4C4CC4)CC3)ccc12. The Hall–Kier alpha value is -2.95. The first-order valence-electron chi connectivity index (χ1n) is 12.5. The summed E-state index contributed by atoms with van der Waals surface area (Å²) in [6, 6.07) is 16.8. The summed E-state index contributed by atoms with van der Waals surface area (Å²) in [6.07, 6.45) is 4.60. The van der Waals surface area contributed by atoms with E-state index < -0.39 is 5.60 Å². The number of halogens is 2. The molecule has 0 spiro atoms. The van der Waals surface area contributed by atoms with Crippen LogP contribution in [0.1, 0.15) is 67.0 Å². The zero-order valence-electron chi connectivity index (χ0n) is 20.1. The molecular weight excluding hydrogens is 509 g/mol. The van der Waals surface area contributed by atoms with Crippen molar-refractivity contribution < 1.29 is 14.4 Å². The Morgan fingerprint density at radius 3 is 2.46 bits per heavy atom. The number of benzene rings is 2. The summed E-state index contributed by atoms with van der Waals surface area (Å²) in [5.74, 6) is 1.22. The molecule has 0 aliphatic heterocycles. The molecule has 0 amide bonds. The molecule has 188 valence electrons. The average Bonchev–Trinajstić information content (AvgIpc) is 3.68. The van der Waals surface area contributed by atoms with Crippen molar-refractivity contribution >= 4 is 34.1 Å². The van der Waals surface area contributed by atoms with E-state index in [1.165, 1.54) is 0 Å². The number of aromatic nitrogens is 2. The maximum atomic E-state index is 11.4. The highest BCUT2D eigenvalue weighted by Gasteiger charge is 2.38. The minimum Gasteiger partial charge on any atom is -0.384 e. The molecule has 2 heterocycles. The predicted octanol–water partition coefficient (Wildman–Crippen LogP) is 7.29. The monoisotopic (exact) mass is 533 g/mol. The Morgan fingerprint density at radius 1 is 1.03 bits per heavy atom. The second-order valence-corrected chi connectivity index (χ2v) is 10.8. The lowest BCUT2D eigenvalue weighted by atomic mass is 9.80. The molecule has 2 aromatic carbocycles. The highest BCUT2D eigenvalue weighted by atomic mass is 35.5. The third-order valence-corrected chi connectivity index (χ3v) is 8.15. The van der Waals surface area contributed by atoms with Crippen LogP contribution in [-0.4, -0.2) is 21.4 Å². The van der Waals surface area contributed by atoms with Gasteiger partial charge in [0.15, 0.2) is 0 Å². The van der Waals surface area contributed by atoms with Crippen molar-refractivity contribution in [3.05, 3.63) is 81.2 Å². The van der Waals surface area contributed by atoms with E-state index in [9.17, 15) is 10.4 Å². The van der Waals surface area contributed by atoms with E-state index in [1.807, 2.05) is 30.3 Å². The van der Waals surface area contributed by atoms with E-state index in [0.717, 1.165) is 29.6 Å². The van der Waals surface area contributed by atoms with Crippen LogP contribution in [0.3, 0.4) is 0 Å². The third-order valence-electron chi connectivity index (χ3n) is 7.52. The van der Waals surface area contributed by atoms with Crippen molar-refractivity contribution in [1.82, 2.24) is 10.1 Å². The van der Waals surface area contributed by atoms with Gasteiger partial charge in [-0.05, 0) is 74.9 Å². The minimum atomic E-state index is -1.02. The maximum absolute atomic E-state index is 11.4. The summed E-state index contributed by atoms with van der Waals surface area (Å²) in [4.78, 5) is 4.70. The van der Waals surface area contributed by atoms with Crippen LogP contribution in [0.25, 0.3) is 22.2 Å². The Kier molecular flexibility index (Phi) is 6.42. The Labute approximate surface area is 224 Å². The van der Waals surface area contributed by atoms with Crippen LogP contribution < -0.4 is 0 Å². The topological polar surface area (TPSA) is 92.2 Å². The summed E-state index contributed by atoms with van der Waals surface area (Å²) >= 11 is 13.0. The molecule has 6 rings (SSSR count). The van der Waals surface area contributed by atoms with Crippen molar-refractivity contribution in [3.8, 4) is 17.3 Å². The van der Waals surface area contributed by atoms with Crippen LogP contribution in [-0.2, 0) is 16.9 Å². The van der Waals surface area contributed by atoms with Crippen LogP contribution in [0.2, 0.25) is 10.0 Å². The predicted molar refractivity (Wildman–Crippen MR) is 141 cm³/mol. The molecule has 0 saturated heterocycles. The first-order chi connectivity index (χ1) is 18.0. The van der Waals surface area contributed by atoms with Crippen LogP contribution in [0.15, 0.2) is 53.1 Å². The number of nitriles is 1. The van der Waals surface area contributed by atoms with Gasteiger partial charge in [-0.15, -0.1) is 0 Å². The zero-order valence-corrected chi connectivity index (χ0v) is 21.6. The Bertz CT molecular complexity index is 1490. The number of nitrogens with zero attached hydrogens (tertiary/aromatic N) is 3. The van der Waals surface area contributed by atoms with Gasteiger partial charge in [-0.2, -0.15) is 5.26 Å². The third kappa shape index (κ3) is 4.62. The standard InChI is InChI=1S/C29H25Cl2N3O3/c30-22-4-2-5-23(31)26(22)27-21(28(37-34-27)17-7-8-17)16-36-19-11-13-29(35,14-12-19)25-10-9-20-18(15-32)3-1-6-24(20)33-25/h1-6,9-10,17,19,35H,7-8,11-14,16H2/t19-,29+. The number of ether oxygens (including phenoxy) is 1. The lowest BCUT2D eigenvalue weighted by Crippen LogP contribution is -2.35. The van der Waals surface area contributed by atoms with Crippen molar-refractivity contribution in [2.24, 2.45) is 0 Å². The van der Waals surface area contributed by atoms with Crippen molar-refractivity contribution in [2.45, 2.75) is 62.8 Å². The molecule has 2 saturated carbocycles. The van der Waals surface area contributed by atoms with E-state index in [-0.39, 0.29) is 6.10 Å². The number of fused-ring (bicyclic) bond motifs is 1. The van der Waals surface area contributed by atoms with E-state index in [2.05, 4.69) is 11.2 Å². The van der Waals surface area contributed by atoms with Crippen molar-refractivity contribution in [2.75, 3.05) is 0 Å². The zero-order chi connectivity index (χ0) is 25.6. The van der Waals surface area contributed by atoms with Gasteiger partial charge in [0.25, 0.3) is 0 Å². The van der Waals surface area contributed by atoms with Gasteiger partial charge in [0.1, 0.15) is 17.1 Å². The molecular formula is C29H25Cl2N3O3. The molecule has 0 radical (unpaired) electrons. The van der Waals surface area contributed by atoms with Gasteiger partial charge in [-0.1, -0.05) is 40.5 Å². The van der Waals surface area contributed by atoms with Crippen LogP contribution in [0.4, 0.5) is 0 Å². The van der Waals surface area contributed by atoms with Gasteiger partial charge < -0.3 is 14.4 Å². The number of pyridine rings is 1. The lowest BCUT2D eigenvalue weighted by Gasteiger charge is -2.35. The first kappa shape index (κ1) is 24.4. The number of hydrogen-bond donors (Lipinski definition) is 1. The normalized spacial score (nSPS) is 21.7. The van der Waals surface area contributed by atoms with Gasteiger partial charge in [0.05, 0.1) is 45.6 Å². The summed E-state index contributed by atoms with van der Waals surface area (Å²) < 4.78 is 12.1. The van der Waals surface area contributed by atoms with Crippen molar-refractivity contribution in [1.29, 1.82) is 5.26 Å². The molecule has 2 aromatic heterocycles.